The Kier molecular flexibility index (Phi) is 5.16. The van der Waals surface area contributed by atoms with E-state index in [9.17, 15) is 13.6 Å². The first kappa shape index (κ1) is 13.4. The minimum atomic E-state index is -2.36. The van der Waals surface area contributed by atoms with Gasteiger partial charge in [0, 0.05) is 25.9 Å². The summed E-state index contributed by atoms with van der Waals surface area (Å²) in [6.45, 7) is 5.87. The van der Waals surface area contributed by atoms with Gasteiger partial charge >= 0.3 is 0 Å². The molecule has 1 rings (SSSR count). The van der Waals surface area contributed by atoms with Crippen molar-refractivity contribution >= 4 is 5.91 Å². The number of amides is 1. The Balaban J connectivity index is 2.27. The smallest absolute Gasteiger partial charge is 0.239 e. The van der Waals surface area contributed by atoms with Crippen molar-refractivity contribution in [3.63, 3.8) is 0 Å². The van der Waals surface area contributed by atoms with Gasteiger partial charge in [0.25, 0.3) is 0 Å². The molecule has 0 radical (unpaired) electrons. The largest absolute Gasteiger partial charge is 0.343 e. The molecular formula is C12H21F2NO. The van der Waals surface area contributed by atoms with E-state index in [4.69, 9.17) is 0 Å². The van der Waals surface area contributed by atoms with Crippen LogP contribution < -0.4 is 0 Å². The Morgan fingerprint density at radius 2 is 1.88 bits per heavy atom. The molecular weight excluding hydrogens is 212 g/mol. The molecule has 1 fully saturated rings. The molecule has 0 aliphatic carbocycles. The molecule has 1 amide bonds. The van der Waals surface area contributed by atoms with E-state index in [2.05, 4.69) is 13.8 Å². The van der Waals surface area contributed by atoms with Crippen LogP contribution in [0.1, 0.15) is 39.5 Å². The topological polar surface area (TPSA) is 20.3 Å². The van der Waals surface area contributed by atoms with E-state index in [1.54, 1.807) is 4.90 Å². The number of alkyl halides is 2. The highest BCUT2D eigenvalue weighted by molar-refractivity contribution is 5.76. The predicted molar refractivity (Wildman–Crippen MR) is 59.4 cm³/mol. The quantitative estimate of drug-likeness (QED) is 0.731. The minimum absolute atomic E-state index is 0.00991. The average Bonchev–Trinajstić information content (AvgIpc) is 2.26. The Bertz CT molecular complexity index is 223. The summed E-state index contributed by atoms with van der Waals surface area (Å²) >= 11 is 0. The van der Waals surface area contributed by atoms with E-state index in [1.165, 1.54) is 0 Å². The molecule has 94 valence electrons. The lowest BCUT2D eigenvalue weighted by Crippen LogP contribution is -2.39. The molecule has 0 aromatic carbocycles. The number of carbonyl (C=O) groups is 1. The van der Waals surface area contributed by atoms with Crippen LogP contribution in [0.15, 0.2) is 0 Å². The van der Waals surface area contributed by atoms with Crippen molar-refractivity contribution in [1.29, 1.82) is 0 Å². The van der Waals surface area contributed by atoms with E-state index in [0.29, 0.717) is 11.8 Å². The van der Waals surface area contributed by atoms with Crippen LogP contribution in [0.5, 0.6) is 0 Å². The Hall–Kier alpha value is -0.670. The fourth-order valence-electron chi connectivity index (χ4n) is 2.21. The third-order valence-corrected chi connectivity index (χ3v) is 3.41. The van der Waals surface area contributed by atoms with E-state index < -0.39 is 6.43 Å². The van der Waals surface area contributed by atoms with Crippen LogP contribution in [0.2, 0.25) is 0 Å². The highest BCUT2D eigenvalue weighted by Crippen LogP contribution is 2.24. The van der Waals surface area contributed by atoms with Crippen molar-refractivity contribution in [1.82, 2.24) is 4.90 Å². The minimum Gasteiger partial charge on any atom is -0.343 e. The highest BCUT2D eigenvalue weighted by atomic mass is 19.3. The molecule has 16 heavy (non-hydrogen) atoms. The Labute approximate surface area is 96.0 Å². The maximum Gasteiger partial charge on any atom is 0.239 e. The maximum absolute atomic E-state index is 12.0. The van der Waals surface area contributed by atoms with Crippen LogP contribution in [0.4, 0.5) is 8.78 Å². The lowest BCUT2D eigenvalue weighted by molar-refractivity contribution is -0.133. The zero-order valence-corrected chi connectivity index (χ0v) is 10.1. The summed E-state index contributed by atoms with van der Waals surface area (Å²) in [6, 6.07) is 0. The Morgan fingerprint density at radius 3 is 2.31 bits per heavy atom. The molecule has 1 aliphatic heterocycles. The average molecular weight is 233 g/mol. The summed E-state index contributed by atoms with van der Waals surface area (Å²) in [5.74, 6) is 1.22. The lowest BCUT2D eigenvalue weighted by Gasteiger charge is -2.34. The van der Waals surface area contributed by atoms with Crippen LogP contribution in [0.3, 0.4) is 0 Å². The molecule has 1 aliphatic rings. The summed E-state index contributed by atoms with van der Waals surface area (Å²) in [6.07, 6.45) is -0.652. The number of likely N-dealkylation sites (tertiary alicyclic amines) is 1. The molecule has 0 unspecified atom stereocenters. The molecule has 0 bridgehead atoms. The van der Waals surface area contributed by atoms with Gasteiger partial charge in [-0.1, -0.05) is 13.8 Å². The van der Waals surface area contributed by atoms with Gasteiger partial charge in [0.2, 0.25) is 12.3 Å². The molecule has 0 aromatic heterocycles. The van der Waals surface area contributed by atoms with Crippen molar-refractivity contribution < 1.29 is 13.6 Å². The van der Waals surface area contributed by atoms with Gasteiger partial charge in [-0.2, -0.15) is 0 Å². The predicted octanol–water partition coefficient (Wildman–Crippen LogP) is 2.93. The van der Waals surface area contributed by atoms with Gasteiger partial charge in [-0.05, 0) is 24.7 Å². The van der Waals surface area contributed by atoms with E-state index >= 15 is 0 Å². The summed E-state index contributed by atoms with van der Waals surface area (Å²) < 4.78 is 23.9. The molecule has 1 heterocycles. The number of hydrogen-bond acceptors (Lipinski definition) is 1. The molecule has 0 saturated carbocycles. The number of halogens is 2. The first-order chi connectivity index (χ1) is 7.50. The van der Waals surface area contributed by atoms with Gasteiger partial charge in [-0.25, -0.2) is 8.78 Å². The standard InChI is InChI=1S/C12H21F2NO/c1-9(2)10-5-7-15(8-6-10)12(16)4-3-11(13)14/h9-11H,3-8H2,1-2H3. The third-order valence-electron chi connectivity index (χ3n) is 3.41. The summed E-state index contributed by atoms with van der Waals surface area (Å²) in [7, 11) is 0. The van der Waals surface area contributed by atoms with E-state index in [-0.39, 0.29) is 18.7 Å². The van der Waals surface area contributed by atoms with Gasteiger partial charge in [-0.3, -0.25) is 4.79 Å². The van der Waals surface area contributed by atoms with Crippen LogP contribution in [-0.2, 0) is 4.79 Å². The number of hydrogen-bond donors (Lipinski definition) is 0. The zero-order chi connectivity index (χ0) is 12.1. The summed E-state index contributed by atoms with van der Waals surface area (Å²) in [5, 5.41) is 0. The van der Waals surface area contributed by atoms with Crippen molar-refractivity contribution in [2.45, 2.75) is 46.0 Å². The van der Waals surface area contributed by atoms with Gasteiger partial charge < -0.3 is 4.90 Å². The monoisotopic (exact) mass is 233 g/mol. The van der Waals surface area contributed by atoms with Crippen LogP contribution >= 0.6 is 0 Å². The molecule has 2 nitrogen and oxygen atoms in total. The molecule has 0 spiro atoms. The fraction of sp³-hybridized carbons (Fsp3) is 0.917. The van der Waals surface area contributed by atoms with Crippen molar-refractivity contribution in [3.05, 3.63) is 0 Å². The van der Waals surface area contributed by atoms with Crippen LogP contribution in [0.25, 0.3) is 0 Å². The Morgan fingerprint density at radius 1 is 1.31 bits per heavy atom. The van der Waals surface area contributed by atoms with E-state index in [0.717, 1.165) is 25.9 Å². The summed E-state index contributed by atoms with van der Waals surface area (Å²) in [5.41, 5.74) is 0. The SMILES string of the molecule is CC(C)C1CCN(C(=O)CCC(F)F)CC1. The second-order valence-corrected chi connectivity index (χ2v) is 4.89. The molecule has 0 atom stereocenters. The third kappa shape index (κ3) is 4.06. The number of rotatable bonds is 4. The molecule has 0 aromatic rings. The highest BCUT2D eigenvalue weighted by Gasteiger charge is 2.24. The number of nitrogens with zero attached hydrogens (tertiary/aromatic N) is 1. The van der Waals surface area contributed by atoms with Crippen LogP contribution in [0, 0.1) is 11.8 Å². The van der Waals surface area contributed by atoms with Crippen LogP contribution in [-0.4, -0.2) is 30.3 Å². The second kappa shape index (κ2) is 6.16. The first-order valence-corrected chi connectivity index (χ1v) is 6.06. The molecule has 0 N–H and O–H groups in total. The normalized spacial score (nSPS) is 18.5. The van der Waals surface area contributed by atoms with Gasteiger partial charge in [0.1, 0.15) is 0 Å². The van der Waals surface area contributed by atoms with Gasteiger partial charge in [0.15, 0.2) is 0 Å². The van der Waals surface area contributed by atoms with Crippen molar-refractivity contribution in [3.8, 4) is 0 Å². The summed E-state index contributed by atoms with van der Waals surface area (Å²) in [4.78, 5) is 13.3. The second-order valence-electron chi connectivity index (χ2n) is 4.89. The van der Waals surface area contributed by atoms with Crippen molar-refractivity contribution in [2.24, 2.45) is 11.8 Å². The lowest BCUT2D eigenvalue weighted by atomic mass is 9.86. The van der Waals surface area contributed by atoms with Gasteiger partial charge in [-0.15, -0.1) is 0 Å². The zero-order valence-electron chi connectivity index (χ0n) is 10.1. The first-order valence-electron chi connectivity index (χ1n) is 6.06. The molecule has 1 saturated heterocycles. The fourth-order valence-corrected chi connectivity index (χ4v) is 2.21. The van der Waals surface area contributed by atoms with Crippen molar-refractivity contribution in [2.75, 3.05) is 13.1 Å². The van der Waals surface area contributed by atoms with Gasteiger partial charge in [0.05, 0.1) is 0 Å². The maximum atomic E-state index is 12.0. The number of carbonyl (C=O) groups excluding carboxylic acids is 1. The van der Waals surface area contributed by atoms with E-state index in [1.807, 2.05) is 0 Å². The number of piperidine rings is 1. The molecule has 4 heteroatoms.